The van der Waals surface area contributed by atoms with Crippen LogP contribution in [0.1, 0.15) is 65.7 Å². The summed E-state index contributed by atoms with van der Waals surface area (Å²) >= 11 is 0. The van der Waals surface area contributed by atoms with Gasteiger partial charge in [-0.1, -0.05) is 33.1 Å². The van der Waals surface area contributed by atoms with E-state index < -0.39 is 0 Å². The van der Waals surface area contributed by atoms with Crippen LogP contribution >= 0.6 is 0 Å². The lowest BCUT2D eigenvalue weighted by molar-refractivity contribution is -0.00591. The van der Waals surface area contributed by atoms with Gasteiger partial charge in [0.15, 0.2) is 0 Å². The Hall–Kier alpha value is -0.0800. The number of likely N-dealkylation sites (tertiary alicyclic amines) is 1. The Balaban J connectivity index is 2.12. The molecule has 17 heavy (non-hydrogen) atoms. The van der Waals surface area contributed by atoms with E-state index in [-0.39, 0.29) is 0 Å². The molecule has 2 rings (SSSR count). The molecule has 0 spiro atoms. The third kappa shape index (κ3) is 2.85. The van der Waals surface area contributed by atoms with Crippen molar-refractivity contribution in [1.82, 2.24) is 4.90 Å². The van der Waals surface area contributed by atoms with Crippen LogP contribution in [0.5, 0.6) is 0 Å². The van der Waals surface area contributed by atoms with Crippen LogP contribution in [0, 0.1) is 5.41 Å². The van der Waals surface area contributed by atoms with Gasteiger partial charge in [0.05, 0.1) is 0 Å². The quantitative estimate of drug-likeness (QED) is 0.800. The molecule has 2 aliphatic rings. The largest absolute Gasteiger partial charge is 0.327 e. The maximum atomic E-state index is 6.21. The normalized spacial score (nSPS) is 36.7. The van der Waals surface area contributed by atoms with E-state index in [2.05, 4.69) is 25.7 Å². The third-order valence-electron chi connectivity index (χ3n) is 5.05. The van der Waals surface area contributed by atoms with Crippen LogP contribution in [0.2, 0.25) is 0 Å². The second-order valence-corrected chi connectivity index (χ2v) is 6.91. The van der Waals surface area contributed by atoms with Gasteiger partial charge in [0.1, 0.15) is 0 Å². The number of piperidine rings is 1. The van der Waals surface area contributed by atoms with Crippen LogP contribution in [0.15, 0.2) is 0 Å². The summed E-state index contributed by atoms with van der Waals surface area (Å²) in [6, 6.07) is 1.73. The fraction of sp³-hybridized carbons (Fsp3) is 1.00. The van der Waals surface area contributed by atoms with Gasteiger partial charge in [-0.25, -0.2) is 0 Å². The summed E-state index contributed by atoms with van der Waals surface area (Å²) < 4.78 is 0. The van der Waals surface area contributed by atoms with Crippen LogP contribution in [-0.4, -0.2) is 29.6 Å². The topological polar surface area (TPSA) is 29.3 Å². The van der Waals surface area contributed by atoms with Crippen LogP contribution in [-0.2, 0) is 0 Å². The summed E-state index contributed by atoms with van der Waals surface area (Å²) in [5.41, 5.74) is 6.70. The smallest absolute Gasteiger partial charge is 0.0247 e. The molecule has 1 saturated carbocycles. The number of nitrogens with two attached hydrogens (primary N) is 1. The summed E-state index contributed by atoms with van der Waals surface area (Å²) in [5, 5.41) is 0. The van der Waals surface area contributed by atoms with E-state index in [9.17, 15) is 0 Å². The fourth-order valence-corrected chi connectivity index (χ4v) is 4.02. The Morgan fingerprint density at radius 1 is 1.12 bits per heavy atom. The Kier molecular flexibility index (Phi) is 4.14. The van der Waals surface area contributed by atoms with Gasteiger partial charge in [0.2, 0.25) is 0 Å². The molecule has 1 aliphatic carbocycles. The van der Waals surface area contributed by atoms with Crippen LogP contribution < -0.4 is 5.73 Å². The first-order valence-corrected chi connectivity index (χ1v) is 7.54. The highest BCUT2D eigenvalue weighted by Crippen LogP contribution is 2.41. The molecule has 100 valence electrons. The zero-order valence-electron chi connectivity index (χ0n) is 11.9. The van der Waals surface area contributed by atoms with Crippen LogP contribution in [0.4, 0.5) is 0 Å². The zero-order valence-corrected chi connectivity index (χ0v) is 11.9. The third-order valence-corrected chi connectivity index (χ3v) is 5.05. The second kappa shape index (κ2) is 5.27. The van der Waals surface area contributed by atoms with Gasteiger partial charge in [-0.15, -0.1) is 0 Å². The minimum atomic E-state index is 0.327. The molecule has 2 N–H and O–H groups in total. The second-order valence-electron chi connectivity index (χ2n) is 6.91. The van der Waals surface area contributed by atoms with Crippen molar-refractivity contribution in [2.45, 2.75) is 83.8 Å². The average Bonchev–Trinajstić information content (AvgIpc) is 2.28. The lowest BCUT2D eigenvalue weighted by Gasteiger charge is -2.51. The van der Waals surface area contributed by atoms with Gasteiger partial charge in [-0.2, -0.15) is 0 Å². The molecule has 3 unspecified atom stereocenters. The van der Waals surface area contributed by atoms with Crippen molar-refractivity contribution in [3.8, 4) is 0 Å². The highest BCUT2D eigenvalue weighted by molar-refractivity contribution is 4.95. The zero-order chi connectivity index (χ0) is 12.5. The van der Waals surface area contributed by atoms with E-state index in [0.717, 1.165) is 6.04 Å². The highest BCUT2D eigenvalue weighted by atomic mass is 15.2. The monoisotopic (exact) mass is 238 g/mol. The van der Waals surface area contributed by atoms with Gasteiger partial charge in [0, 0.05) is 18.1 Å². The SMILES string of the molecule is CC(N)C1CCCCN1C1CCCCC1(C)C. The molecule has 0 bridgehead atoms. The highest BCUT2D eigenvalue weighted by Gasteiger charge is 2.40. The van der Waals surface area contributed by atoms with E-state index in [0.29, 0.717) is 17.5 Å². The van der Waals surface area contributed by atoms with E-state index >= 15 is 0 Å². The summed E-state index contributed by atoms with van der Waals surface area (Å²) in [4.78, 5) is 2.77. The molecule has 0 amide bonds. The lowest BCUT2D eigenvalue weighted by Crippen LogP contribution is -2.58. The first-order chi connectivity index (χ1) is 8.02. The predicted octanol–water partition coefficient (Wildman–Crippen LogP) is 3.16. The minimum Gasteiger partial charge on any atom is -0.327 e. The Morgan fingerprint density at radius 3 is 2.47 bits per heavy atom. The van der Waals surface area contributed by atoms with Gasteiger partial charge >= 0.3 is 0 Å². The molecule has 1 aliphatic heterocycles. The van der Waals surface area contributed by atoms with E-state index in [1.54, 1.807) is 0 Å². The van der Waals surface area contributed by atoms with Crippen molar-refractivity contribution in [2.75, 3.05) is 6.54 Å². The number of hydrogen-bond donors (Lipinski definition) is 1. The maximum Gasteiger partial charge on any atom is 0.0247 e. The van der Waals surface area contributed by atoms with Crippen molar-refractivity contribution in [3.63, 3.8) is 0 Å². The Labute approximate surface area is 107 Å². The molecule has 0 aromatic rings. The molecule has 0 radical (unpaired) electrons. The fourth-order valence-electron chi connectivity index (χ4n) is 4.02. The molecule has 1 heterocycles. The van der Waals surface area contributed by atoms with Gasteiger partial charge in [0.25, 0.3) is 0 Å². The standard InChI is InChI=1S/C15H30N2/c1-12(16)13-8-5-7-11-17(13)14-9-4-6-10-15(14,2)3/h12-14H,4-11,16H2,1-3H3. The van der Waals surface area contributed by atoms with Crippen molar-refractivity contribution in [1.29, 1.82) is 0 Å². The van der Waals surface area contributed by atoms with E-state index in [1.807, 2.05) is 0 Å². The molecular weight excluding hydrogens is 208 g/mol. The molecule has 0 aromatic heterocycles. The molecular formula is C15H30N2. The van der Waals surface area contributed by atoms with Crippen molar-refractivity contribution in [2.24, 2.45) is 11.1 Å². The summed E-state index contributed by atoms with van der Waals surface area (Å²) in [7, 11) is 0. The van der Waals surface area contributed by atoms with Crippen LogP contribution in [0.25, 0.3) is 0 Å². The molecule has 2 nitrogen and oxygen atoms in total. The first-order valence-electron chi connectivity index (χ1n) is 7.54. The first kappa shape index (κ1) is 13.4. The van der Waals surface area contributed by atoms with E-state index in [1.165, 1.54) is 51.5 Å². The minimum absolute atomic E-state index is 0.327. The Morgan fingerprint density at radius 2 is 1.82 bits per heavy atom. The van der Waals surface area contributed by atoms with Gasteiger partial charge in [-0.05, 0) is 44.6 Å². The summed E-state index contributed by atoms with van der Waals surface area (Å²) in [5.74, 6) is 0. The molecule has 0 aromatic carbocycles. The number of nitrogens with zero attached hydrogens (tertiary/aromatic N) is 1. The van der Waals surface area contributed by atoms with Gasteiger partial charge < -0.3 is 5.73 Å². The molecule has 1 saturated heterocycles. The molecule has 2 heteroatoms. The maximum absolute atomic E-state index is 6.21. The molecule has 3 atom stereocenters. The summed E-state index contributed by atoms with van der Waals surface area (Å²) in [6.07, 6.45) is 9.66. The lowest BCUT2D eigenvalue weighted by atomic mass is 9.71. The molecule has 2 fully saturated rings. The summed E-state index contributed by atoms with van der Waals surface area (Å²) in [6.45, 7) is 8.40. The average molecular weight is 238 g/mol. The van der Waals surface area contributed by atoms with E-state index in [4.69, 9.17) is 5.73 Å². The van der Waals surface area contributed by atoms with Crippen molar-refractivity contribution < 1.29 is 0 Å². The van der Waals surface area contributed by atoms with Gasteiger partial charge in [-0.3, -0.25) is 4.90 Å². The Bertz CT molecular complexity index is 247. The predicted molar refractivity (Wildman–Crippen MR) is 74.0 cm³/mol. The number of rotatable bonds is 2. The van der Waals surface area contributed by atoms with Crippen molar-refractivity contribution >= 4 is 0 Å². The number of hydrogen-bond acceptors (Lipinski definition) is 2. The van der Waals surface area contributed by atoms with Crippen molar-refractivity contribution in [3.05, 3.63) is 0 Å². The van der Waals surface area contributed by atoms with Crippen LogP contribution in [0.3, 0.4) is 0 Å².